The highest BCUT2D eigenvalue weighted by Crippen LogP contribution is 2.15. The minimum Gasteiger partial charge on any atom is -0.479 e. The Morgan fingerprint density at radius 3 is 2.23 bits per heavy atom. The number of sulfonamides is 1. The molecule has 0 aliphatic heterocycles. The first-order chi connectivity index (χ1) is 12.3. The summed E-state index contributed by atoms with van der Waals surface area (Å²) in [7, 11) is -3.69. The van der Waals surface area contributed by atoms with Gasteiger partial charge in [-0.05, 0) is 29.8 Å². The van der Waals surface area contributed by atoms with Gasteiger partial charge in [0.15, 0.2) is 6.04 Å². The monoisotopic (exact) mass is 374 g/mol. The summed E-state index contributed by atoms with van der Waals surface area (Å²) in [4.78, 5) is 23.7. The van der Waals surface area contributed by atoms with Gasteiger partial charge >= 0.3 is 5.97 Å². The third-order valence-corrected chi connectivity index (χ3v) is 4.94. The molecule has 8 heteroatoms. The van der Waals surface area contributed by atoms with E-state index in [4.69, 9.17) is 0 Å². The number of nitrogens with one attached hydrogen (secondary N) is 2. The molecular formula is C18H18N2O5S. The molecule has 2 rings (SSSR count). The van der Waals surface area contributed by atoms with Crippen LogP contribution in [0, 0.1) is 0 Å². The number of hydrogen-bond donors (Lipinski definition) is 3. The van der Waals surface area contributed by atoms with Crippen LogP contribution in [0.4, 0.5) is 0 Å². The molecule has 0 unspecified atom stereocenters. The summed E-state index contributed by atoms with van der Waals surface area (Å²) in [6.45, 7) is 3.52. The highest BCUT2D eigenvalue weighted by molar-refractivity contribution is 7.89. The molecule has 7 nitrogen and oxygen atoms in total. The average molecular weight is 374 g/mol. The molecule has 3 N–H and O–H groups in total. The van der Waals surface area contributed by atoms with Crippen molar-refractivity contribution in [2.24, 2.45) is 0 Å². The number of aliphatic carboxylic acids is 1. The van der Waals surface area contributed by atoms with Crippen LogP contribution < -0.4 is 10.0 Å². The van der Waals surface area contributed by atoms with Crippen molar-refractivity contribution in [2.75, 3.05) is 6.54 Å². The van der Waals surface area contributed by atoms with Crippen molar-refractivity contribution < 1.29 is 23.1 Å². The molecule has 2 aromatic carbocycles. The van der Waals surface area contributed by atoms with Crippen LogP contribution in [0.2, 0.25) is 0 Å². The Hall–Kier alpha value is -2.97. The van der Waals surface area contributed by atoms with Gasteiger partial charge in [0, 0.05) is 12.1 Å². The largest absolute Gasteiger partial charge is 0.479 e. The SMILES string of the molecule is C=CCNS(=O)(=O)c1ccc(C(=O)N[C@H](C(=O)O)c2ccccc2)cc1. The molecule has 1 atom stereocenters. The Morgan fingerprint density at radius 2 is 1.69 bits per heavy atom. The molecule has 0 spiro atoms. The second kappa shape index (κ2) is 8.41. The molecule has 2 aromatic rings. The van der Waals surface area contributed by atoms with Gasteiger partial charge in [0.2, 0.25) is 10.0 Å². The fourth-order valence-electron chi connectivity index (χ4n) is 2.18. The summed E-state index contributed by atoms with van der Waals surface area (Å²) in [5.41, 5.74) is 0.580. The quantitative estimate of drug-likeness (QED) is 0.609. The van der Waals surface area contributed by atoms with Crippen molar-refractivity contribution in [1.82, 2.24) is 10.0 Å². The zero-order valence-corrected chi connectivity index (χ0v) is 14.6. The number of amides is 1. The van der Waals surface area contributed by atoms with Gasteiger partial charge in [-0.2, -0.15) is 0 Å². The number of rotatable bonds is 8. The third-order valence-electron chi connectivity index (χ3n) is 3.50. The summed E-state index contributed by atoms with van der Waals surface area (Å²) >= 11 is 0. The fourth-order valence-corrected chi connectivity index (χ4v) is 3.18. The van der Waals surface area contributed by atoms with Crippen LogP contribution in [0.3, 0.4) is 0 Å². The number of carboxylic acid groups (broad SMARTS) is 1. The maximum atomic E-state index is 12.3. The Morgan fingerprint density at radius 1 is 1.08 bits per heavy atom. The van der Waals surface area contributed by atoms with E-state index in [9.17, 15) is 23.1 Å². The first-order valence-corrected chi connectivity index (χ1v) is 9.12. The van der Waals surface area contributed by atoms with E-state index in [1.54, 1.807) is 30.3 Å². The van der Waals surface area contributed by atoms with Crippen molar-refractivity contribution in [1.29, 1.82) is 0 Å². The standard InChI is InChI=1S/C18H18N2O5S/c1-2-12-19-26(24,25)15-10-8-14(9-11-15)17(21)20-16(18(22)23)13-6-4-3-5-7-13/h2-11,16,19H,1,12H2,(H,20,21)(H,22,23)/t16-/m0/s1. The normalized spacial score (nSPS) is 12.2. The smallest absolute Gasteiger partial charge is 0.330 e. The van der Waals surface area contributed by atoms with Gasteiger partial charge in [-0.1, -0.05) is 36.4 Å². The molecule has 0 bridgehead atoms. The van der Waals surface area contributed by atoms with Crippen LogP contribution in [0.15, 0.2) is 72.1 Å². The van der Waals surface area contributed by atoms with Crippen LogP contribution in [-0.2, 0) is 14.8 Å². The Bertz CT molecular complexity index is 893. The molecule has 0 aliphatic rings. The van der Waals surface area contributed by atoms with Gasteiger partial charge in [-0.3, -0.25) is 4.79 Å². The van der Waals surface area contributed by atoms with E-state index in [0.29, 0.717) is 5.56 Å². The molecular weight excluding hydrogens is 356 g/mol. The lowest BCUT2D eigenvalue weighted by molar-refractivity contribution is -0.139. The van der Waals surface area contributed by atoms with E-state index in [1.807, 2.05) is 0 Å². The highest BCUT2D eigenvalue weighted by atomic mass is 32.2. The molecule has 0 saturated heterocycles. The zero-order chi connectivity index (χ0) is 19.2. The van der Waals surface area contributed by atoms with E-state index in [1.165, 1.54) is 30.3 Å². The van der Waals surface area contributed by atoms with Crippen molar-refractivity contribution in [3.05, 3.63) is 78.4 Å². The summed E-state index contributed by atoms with van der Waals surface area (Å²) in [6.07, 6.45) is 1.41. The number of carboxylic acids is 1. The predicted molar refractivity (Wildman–Crippen MR) is 96.1 cm³/mol. The summed E-state index contributed by atoms with van der Waals surface area (Å²) in [5.74, 6) is -1.82. The van der Waals surface area contributed by atoms with Gasteiger partial charge in [0.25, 0.3) is 5.91 Å². The van der Waals surface area contributed by atoms with E-state index in [0.717, 1.165) is 0 Å². The molecule has 0 fully saturated rings. The van der Waals surface area contributed by atoms with Crippen molar-refractivity contribution in [3.8, 4) is 0 Å². The van der Waals surface area contributed by atoms with E-state index < -0.39 is 27.9 Å². The zero-order valence-electron chi connectivity index (χ0n) is 13.8. The number of hydrogen-bond acceptors (Lipinski definition) is 4. The van der Waals surface area contributed by atoms with Gasteiger partial charge in [0.05, 0.1) is 4.90 Å². The second-order valence-electron chi connectivity index (χ2n) is 5.32. The van der Waals surface area contributed by atoms with Gasteiger partial charge < -0.3 is 10.4 Å². The fraction of sp³-hybridized carbons (Fsp3) is 0.111. The predicted octanol–water partition coefficient (Wildman–Crippen LogP) is 1.71. The van der Waals surface area contributed by atoms with Crippen LogP contribution in [0.5, 0.6) is 0 Å². The van der Waals surface area contributed by atoms with Gasteiger partial charge in [0.1, 0.15) is 0 Å². The molecule has 136 valence electrons. The maximum absolute atomic E-state index is 12.3. The topological polar surface area (TPSA) is 113 Å². The summed E-state index contributed by atoms with van der Waals surface area (Å²) < 4.78 is 26.3. The molecule has 0 saturated carbocycles. The molecule has 26 heavy (non-hydrogen) atoms. The minimum atomic E-state index is -3.69. The Balaban J connectivity index is 2.17. The van der Waals surface area contributed by atoms with Gasteiger partial charge in [-0.25, -0.2) is 17.9 Å². The lowest BCUT2D eigenvalue weighted by Crippen LogP contribution is -2.33. The summed E-state index contributed by atoms with van der Waals surface area (Å²) in [6, 6.07) is 12.3. The van der Waals surface area contributed by atoms with Crippen molar-refractivity contribution in [2.45, 2.75) is 10.9 Å². The van der Waals surface area contributed by atoms with Crippen LogP contribution in [-0.4, -0.2) is 31.9 Å². The van der Waals surface area contributed by atoms with Crippen molar-refractivity contribution >= 4 is 21.9 Å². The van der Waals surface area contributed by atoms with Crippen molar-refractivity contribution in [3.63, 3.8) is 0 Å². The Labute approximate surface area is 151 Å². The molecule has 0 radical (unpaired) electrons. The van der Waals surface area contributed by atoms with Crippen LogP contribution in [0.1, 0.15) is 22.0 Å². The first-order valence-electron chi connectivity index (χ1n) is 7.64. The van der Waals surface area contributed by atoms with E-state index >= 15 is 0 Å². The lowest BCUT2D eigenvalue weighted by Gasteiger charge is -2.15. The molecule has 1 amide bonds. The average Bonchev–Trinajstić information content (AvgIpc) is 2.65. The summed E-state index contributed by atoms with van der Waals surface area (Å²) in [5, 5.41) is 11.8. The second-order valence-corrected chi connectivity index (χ2v) is 7.09. The van der Waals surface area contributed by atoms with E-state index in [-0.39, 0.29) is 17.0 Å². The van der Waals surface area contributed by atoms with E-state index in [2.05, 4.69) is 16.6 Å². The van der Waals surface area contributed by atoms with Crippen LogP contribution in [0.25, 0.3) is 0 Å². The highest BCUT2D eigenvalue weighted by Gasteiger charge is 2.22. The number of carbonyl (C=O) groups excluding carboxylic acids is 1. The lowest BCUT2D eigenvalue weighted by atomic mass is 10.1. The number of benzene rings is 2. The minimum absolute atomic E-state index is 0.00579. The molecule has 0 heterocycles. The van der Waals surface area contributed by atoms with Crippen LogP contribution >= 0.6 is 0 Å². The molecule has 0 aliphatic carbocycles. The molecule has 0 aromatic heterocycles. The number of carbonyl (C=O) groups is 2. The Kier molecular flexibility index (Phi) is 6.26. The maximum Gasteiger partial charge on any atom is 0.330 e. The third kappa shape index (κ3) is 4.78. The van der Waals surface area contributed by atoms with Gasteiger partial charge in [-0.15, -0.1) is 6.58 Å². The first kappa shape index (κ1) is 19.4.